The topological polar surface area (TPSA) is 78.9 Å². The number of esters is 3. The van der Waals surface area contributed by atoms with Crippen molar-refractivity contribution in [3.8, 4) is 0 Å². The Balaban J connectivity index is 4.05. The second kappa shape index (κ2) is 71.8. The molecule has 0 aliphatic rings. The van der Waals surface area contributed by atoms with E-state index in [4.69, 9.17) is 14.2 Å². The molecule has 6 heteroatoms. The molecule has 0 aromatic heterocycles. The first-order valence-electron chi connectivity index (χ1n) is 37.1. The Labute approximate surface area is 518 Å². The quantitative estimate of drug-likeness (QED) is 0.0261. The van der Waals surface area contributed by atoms with E-state index in [0.717, 1.165) is 70.6 Å². The van der Waals surface area contributed by atoms with Crippen molar-refractivity contribution in [3.05, 3.63) is 48.6 Å². The zero-order valence-corrected chi connectivity index (χ0v) is 56.0. The molecule has 0 N–H and O–H groups in total. The van der Waals surface area contributed by atoms with Crippen molar-refractivity contribution in [1.82, 2.24) is 0 Å². The minimum Gasteiger partial charge on any atom is -0.462 e. The third-order valence-corrected chi connectivity index (χ3v) is 16.8. The average molecular weight is 1160 g/mol. The van der Waals surface area contributed by atoms with Crippen LogP contribution in [0, 0.1) is 0 Å². The van der Waals surface area contributed by atoms with Gasteiger partial charge < -0.3 is 14.2 Å². The summed E-state index contributed by atoms with van der Waals surface area (Å²) in [6.07, 6.45) is 91.7. The highest BCUT2D eigenvalue weighted by Gasteiger charge is 2.19. The largest absolute Gasteiger partial charge is 0.462 e. The van der Waals surface area contributed by atoms with E-state index in [9.17, 15) is 14.4 Å². The maximum absolute atomic E-state index is 12.9. The van der Waals surface area contributed by atoms with E-state index < -0.39 is 6.10 Å². The third-order valence-electron chi connectivity index (χ3n) is 16.8. The number of hydrogen-bond donors (Lipinski definition) is 0. The predicted octanol–water partition coefficient (Wildman–Crippen LogP) is 25.7. The molecule has 0 heterocycles. The number of hydrogen-bond acceptors (Lipinski definition) is 6. The Bertz CT molecular complexity index is 1430. The van der Waals surface area contributed by atoms with Crippen LogP contribution >= 0.6 is 0 Å². The molecular formula is C77H142O6. The monoisotopic (exact) mass is 1160 g/mol. The summed E-state index contributed by atoms with van der Waals surface area (Å²) in [7, 11) is 0. The average Bonchev–Trinajstić information content (AvgIpc) is 3.49. The Kier molecular flexibility index (Phi) is 69.6. The number of rotatable bonds is 69. The van der Waals surface area contributed by atoms with Gasteiger partial charge >= 0.3 is 17.9 Å². The summed E-state index contributed by atoms with van der Waals surface area (Å²) < 4.78 is 17.0. The first-order chi connectivity index (χ1) is 41.0. The first-order valence-corrected chi connectivity index (χ1v) is 37.1. The number of carbonyl (C=O) groups is 3. The summed E-state index contributed by atoms with van der Waals surface area (Å²) >= 11 is 0. The van der Waals surface area contributed by atoms with E-state index in [1.54, 1.807) is 0 Å². The van der Waals surface area contributed by atoms with Crippen molar-refractivity contribution in [2.75, 3.05) is 13.2 Å². The number of carbonyl (C=O) groups excluding carboxylic acids is 3. The summed E-state index contributed by atoms with van der Waals surface area (Å²) in [4.78, 5) is 38.3. The van der Waals surface area contributed by atoms with Gasteiger partial charge in [0, 0.05) is 19.3 Å². The molecule has 0 aliphatic carbocycles. The molecule has 0 spiro atoms. The molecule has 0 aliphatic heterocycles. The third kappa shape index (κ3) is 70.0. The molecule has 0 saturated carbocycles. The number of unbranched alkanes of at least 4 members (excludes halogenated alkanes) is 50. The molecule has 6 nitrogen and oxygen atoms in total. The summed E-state index contributed by atoms with van der Waals surface area (Å²) in [5.74, 6) is -0.846. The lowest BCUT2D eigenvalue weighted by atomic mass is 10.0. The van der Waals surface area contributed by atoms with Gasteiger partial charge in [-0.25, -0.2) is 0 Å². The van der Waals surface area contributed by atoms with E-state index in [1.807, 2.05) is 0 Å². The molecule has 0 aromatic carbocycles. The molecule has 0 saturated heterocycles. The predicted molar refractivity (Wildman–Crippen MR) is 362 cm³/mol. The normalized spacial score (nSPS) is 12.3. The van der Waals surface area contributed by atoms with Crippen molar-refractivity contribution in [1.29, 1.82) is 0 Å². The highest BCUT2D eigenvalue weighted by molar-refractivity contribution is 5.71. The lowest BCUT2D eigenvalue weighted by Gasteiger charge is -2.18. The second-order valence-corrected chi connectivity index (χ2v) is 25.2. The van der Waals surface area contributed by atoms with Gasteiger partial charge in [-0.3, -0.25) is 14.4 Å². The Morgan fingerprint density at radius 1 is 0.241 bits per heavy atom. The van der Waals surface area contributed by atoms with Gasteiger partial charge in [0.15, 0.2) is 6.10 Å². The molecule has 0 amide bonds. The van der Waals surface area contributed by atoms with Crippen molar-refractivity contribution in [2.24, 2.45) is 0 Å². The summed E-state index contributed by atoms with van der Waals surface area (Å²) in [6, 6.07) is 0. The number of allylic oxidation sites excluding steroid dienone is 8. The van der Waals surface area contributed by atoms with Crippen LogP contribution < -0.4 is 0 Å². The minimum atomic E-state index is -0.771. The highest BCUT2D eigenvalue weighted by atomic mass is 16.6. The molecule has 0 fully saturated rings. The van der Waals surface area contributed by atoms with Gasteiger partial charge in [-0.1, -0.05) is 352 Å². The molecule has 1 atom stereocenters. The molecule has 0 bridgehead atoms. The van der Waals surface area contributed by atoms with Crippen LogP contribution in [0.25, 0.3) is 0 Å². The van der Waals surface area contributed by atoms with E-state index >= 15 is 0 Å². The minimum absolute atomic E-state index is 0.0681. The van der Waals surface area contributed by atoms with Gasteiger partial charge in [-0.15, -0.1) is 0 Å². The van der Waals surface area contributed by atoms with Crippen molar-refractivity contribution >= 4 is 17.9 Å². The van der Waals surface area contributed by atoms with Crippen molar-refractivity contribution < 1.29 is 28.6 Å². The van der Waals surface area contributed by atoms with Crippen LogP contribution in [0.15, 0.2) is 48.6 Å². The van der Waals surface area contributed by atoms with Crippen LogP contribution in [0.5, 0.6) is 0 Å². The van der Waals surface area contributed by atoms with E-state index in [0.29, 0.717) is 19.3 Å². The first kappa shape index (κ1) is 80.4. The summed E-state index contributed by atoms with van der Waals surface area (Å²) in [6.45, 7) is 6.66. The number of ether oxygens (including phenoxy) is 3. The van der Waals surface area contributed by atoms with E-state index in [2.05, 4.69) is 69.4 Å². The van der Waals surface area contributed by atoms with Gasteiger partial charge in [-0.2, -0.15) is 0 Å². The van der Waals surface area contributed by atoms with Gasteiger partial charge in [0.25, 0.3) is 0 Å². The maximum atomic E-state index is 12.9. The molecule has 0 radical (unpaired) electrons. The van der Waals surface area contributed by atoms with Crippen LogP contribution in [-0.2, 0) is 28.6 Å². The molecule has 486 valence electrons. The second-order valence-electron chi connectivity index (χ2n) is 25.2. The van der Waals surface area contributed by atoms with Crippen molar-refractivity contribution in [3.63, 3.8) is 0 Å². The Morgan fingerprint density at radius 3 is 0.663 bits per heavy atom. The smallest absolute Gasteiger partial charge is 0.306 e. The zero-order valence-electron chi connectivity index (χ0n) is 56.0. The molecule has 83 heavy (non-hydrogen) atoms. The fourth-order valence-corrected chi connectivity index (χ4v) is 11.2. The Morgan fingerprint density at radius 2 is 0.434 bits per heavy atom. The van der Waals surface area contributed by atoms with Gasteiger partial charge in [-0.05, 0) is 83.5 Å². The molecule has 0 rings (SSSR count). The van der Waals surface area contributed by atoms with Crippen LogP contribution in [0.4, 0.5) is 0 Å². The van der Waals surface area contributed by atoms with Crippen LogP contribution in [-0.4, -0.2) is 37.2 Å². The van der Waals surface area contributed by atoms with Gasteiger partial charge in [0.1, 0.15) is 13.2 Å². The SMILES string of the molecule is CCCCCCC/C=C\C/C=C\CCCCCCCCCCCCCCCCCCCCCCCC(=O)OCC(COC(=O)CCCCCCCCCCC)OC(=O)CCCCCCCCCCCCC/C=C\C/C=C\CCCCCCC. The van der Waals surface area contributed by atoms with Crippen LogP contribution in [0.3, 0.4) is 0 Å². The molecule has 1 unspecified atom stereocenters. The standard InChI is InChI=1S/C77H142O6/c1-4-7-10-13-16-19-21-23-25-27-29-31-33-34-35-36-37-38-39-40-41-42-44-45-47-49-51-53-55-58-61-64-67-70-76(79)82-73-74(72-81-75(78)69-66-63-60-57-18-15-12-9-6-3)83-77(80)71-68-65-62-59-56-54-52-50-48-46-43-32-30-28-26-24-22-20-17-14-11-8-5-2/h21-24,27-30,74H,4-20,25-26,31-73H2,1-3H3/b23-21-,24-22-,29-27-,30-28-. The highest BCUT2D eigenvalue weighted by Crippen LogP contribution is 2.19. The van der Waals surface area contributed by atoms with E-state index in [1.165, 1.54) is 295 Å². The lowest BCUT2D eigenvalue weighted by molar-refractivity contribution is -0.167. The molecule has 0 aromatic rings. The fourth-order valence-electron chi connectivity index (χ4n) is 11.2. The maximum Gasteiger partial charge on any atom is 0.306 e. The van der Waals surface area contributed by atoms with Crippen molar-refractivity contribution in [2.45, 2.75) is 412 Å². The lowest BCUT2D eigenvalue weighted by Crippen LogP contribution is -2.30. The van der Waals surface area contributed by atoms with E-state index in [-0.39, 0.29) is 31.1 Å². The Hall–Kier alpha value is -2.63. The summed E-state index contributed by atoms with van der Waals surface area (Å²) in [5.41, 5.74) is 0. The van der Waals surface area contributed by atoms with Crippen LogP contribution in [0.1, 0.15) is 406 Å². The van der Waals surface area contributed by atoms with Gasteiger partial charge in [0.05, 0.1) is 0 Å². The fraction of sp³-hybridized carbons (Fsp3) is 0.857. The van der Waals surface area contributed by atoms with Gasteiger partial charge in [0.2, 0.25) is 0 Å². The molecular weight excluding hydrogens is 1020 g/mol. The summed E-state index contributed by atoms with van der Waals surface area (Å²) in [5, 5.41) is 0. The van der Waals surface area contributed by atoms with Crippen LogP contribution in [0.2, 0.25) is 0 Å². The zero-order chi connectivity index (χ0) is 59.9.